The second-order valence-corrected chi connectivity index (χ2v) is 4.71. The number of aliphatic hydroxyl groups is 1. The van der Waals surface area contributed by atoms with Crippen molar-refractivity contribution in [2.24, 2.45) is 11.8 Å². The lowest BCUT2D eigenvalue weighted by Crippen LogP contribution is -2.14. The van der Waals surface area contributed by atoms with Gasteiger partial charge in [0.05, 0.1) is 7.11 Å². The molecule has 4 heteroatoms. The second kappa shape index (κ2) is 4.92. The van der Waals surface area contributed by atoms with Crippen LogP contribution >= 0.6 is 0 Å². The Balaban J connectivity index is 2.11. The van der Waals surface area contributed by atoms with Crippen LogP contribution in [0, 0.1) is 11.8 Å². The van der Waals surface area contributed by atoms with Gasteiger partial charge < -0.3 is 14.3 Å². The molecule has 1 aliphatic carbocycles. The molecule has 0 amide bonds. The predicted octanol–water partition coefficient (Wildman–Crippen LogP) is 2.54. The summed E-state index contributed by atoms with van der Waals surface area (Å²) in [6.45, 7) is 2.14. The molecular formula is C13H18O4. The van der Waals surface area contributed by atoms with Gasteiger partial charge in [0, 0.05) is 0 Å². The molecule has 3 unspecified atom stereocenters. The number of aliphatic hydroxyl groups excluding tert-OH is 1. The van der Waals surface area contributed by atoms with Crippen LogP contribution in [-0.2, 0) is 4.74 Å². The zero-order chi connectivity index (χ0) is 12.4. The average Bonchev–Trinajstić information content (AvgIpc) is 2.95. The third-order valence-corrected chi connectivity index (χ3v) is 3.64. The molecule has 0 aliphatic heterocycles. The Kier molecular flexibility index (Phi) is 3.52. The Bertz CT molecular complexity index is 396. The van der Waals surface area contributed by atoms with Crippen molar-refractivity contribution in [2.75, 3.05) is 7.11 Å². The molecule has 1 saturated carbocycles. The Morgan fingerprint density at radius 2 is 2.29 bits per heavy atom. The smallest absolute Gasteiger partial charge is 0.373 e. The van der Waals surface area contributed by atoms with Gasteiger partial charge in [0.25, 0.3) is 0 Å². The first-order valence-electron chi connectivity index (χ1n) is 5.99. The van der Waals surface area contributed by atoms with E-state index in [1.165, 1.54) is 7.11 Å². The highest BCUT2D eigenvalue weighted by atomic mass is 16.5. The average molecular weight is 238 g/mol. The van der Waals surface area contributed by atoms with E-state index in [1.54, 1.807) is 12.1 Å². The molecule has 1 aliphatic rings. The van der Waals surface area contributed by atoms with Crippen molar-refractivity contribution in [3.63, 3.8) is 0 Å². The van der Waals surface area contributed by atoms with E-state index in [0.29, 0.717) is 11.7 Å². The molecule has 4 nitrogen and oxygen atoms in total. The molecule has 2 rings (SSSR count). The third kappa shape index (κ3) is 2.36. The first kappa shape index (κ1) is 12.2. The molecule has 94 valence electrons. The fourth-order valence-electron chi connectivity index (χ4n) is 2.58. The molecule has 0 saturated heterocycles. The first-order chi connectivity index (χ1) is 8.13. The van der Waals surface area contributed by atoms with Crippen LogP contribution in [-0.4, -0.2) is 18.2 Å². The second-order valence-electron chi connectivity index (χ2n) is 4.71. The van der Waals surface area contributed by atoms with E-state index < -0.39 is 12.1 Å². The molecule has 17 heavy (non-hydrogen) atoms. The van der Waals surface area contributed by atoms with E-state index >= 15 is 0 Å². The minimum Gasteiger partial charge on any atom is -0.463 e. The Morgan fingerprint density at radius 3 is 2.88 bits per heavy atom. The standard InChI is InChI=1S/C13H18O4/c1-8-4-3-5-9(8)12(14)10-6-7-11(17-10)13(15)16-2/h6-9,12,14H,3-5H2,1-2H3. The highest BCUT2D eigenvalue weighted by molar-refractivity contribution is 5.86. The van der Waals surface area contributed by atoms with Crippen LogP contribution in [0.3, 0.4) is 0 Å². The largest absolute Gasteiger partial charge is 0.463 e. The summed E-state index contributed by atoms with van der Waals surface area (Å²) in [4.78, 5) is 11.2. The van der Waals surface area contributed by atoms with Gasteiger partial charge in [0.15, 0.2) is 0 Å². The summed E-state index contributed by atoms with van der Waals surface area (Å²) in [5.41, 5.74) is 0. The van der Waals surface area contributed by atoms with Crippen LogP contribution in [0.15, 0.2) is 16.5 Å². The van der Waals surface area contributed by atoms with E-state index in [1.807, 2.05) is 0 Å². The zero-order valence-corrected chi connectivity index (χ0v) is 10.2. The number of methoxy groups -OCH3 is 1. The maximum Gasteiger partial charge on any atom is 0.373 e. The van der Waals surface area contributed by atoms with Gasteiger partial charge in [-0.2, -0.15) is 0 Å². The van der Waals surface area contributed by atoms with Crippen LogP contribution < -0.4 is 0 Å². The fraction of sp³-hybridized carbons (Fsp3) is 0.615. The van der Waals surface area contributed by atoms with E-state index in [4.69, 9.17) is 4.42 Å². The molecular weight excluding hydrogens is 220 g/mol. The van der Waals surface area contributed by atoms with Crippen molar-refractivity contribution in [3.05, 3.63) is 23.7 Å². The number of esters is 1. The number of hydrogen-bond acceptors (Lipinski definition) is 4. The summed E-state index contributed by atoms with van der Waals surface area (Å²) < 4.78 is 9.90. The van der Waals surface area contributed by atoms with Gasteiger partial charge in [-0.15, -0.1) is 0 Å². The Hall–Kier alpha value is -1.29. The van der Waals surface area contributed by atoms with Gasteiger partial charge in [-0.3, -0.25) is 0 Å². The normalized spacial score (nSPS) is 25.8. The molecule has 1 heterocycles. The zero-order valence-electron chi connectivity index (χ0n) is 10.2. The van der Waals surface area contributed by atoms with E-state index in [9.17, 15) is 9.90 Å². The van der Waals surface area contributed by atoms with Gasteiger partial charge in [0.1, 0.15) is 11.9 Å². The third-order valence-electron chi connectivity index (χ3n) is 3.64. The predicted molar refractivity (Wildman–Crippen MR) is 61.5 cm³/mol. The van der Waals surface area contributed by atoms with Crippen molar-refractivity contribution in [3.8, 4) is 0 Å². The Labute approximate surface area is 101 Å². The number of carbonyl (C=O) groups excluding carboxylic acids is 1. The SMILES string of the molecule is COC(=O)c1ccc(C(O)C2CCCC2C)o1. The summed E-state index contributed by atoms with van der Waals surface area (Å²) >= 11 is 0. The topological polar surface area (TPSA) is 59.7 Å². The highest BCUT2D eigenvalue weighted by Gasteiger charge is 2.32. The van der Waals surface area contributed by atoms with Gasteiger partial charge in [-0.1, -0.05) is 19.8 Å². The van der Waals surface area contributed by atoms with Gasteiger partial charge >= 0.3 is 5.97 Å². The summed E-state index contributed by atoms with van der Waals surface area (Å²) in [5, 5.41) is 10.2. The number of rotatable bonds is 3. The van der Waals surface area contributed by atoms with Crippen LogP contribution in [0.5, 0.6) is 0 Å². The lowest BCUT2D eigenvalue weighted by atomic mass is 9.91. The van der Waals surface area contributed by atoms with Crippen molar-refractivity contribution in [2.45, 2.75) is 32.3 Å². The minimum atomic E-state index is -0.620. The maximum absolute atomic E-state index is 11.2. The monoisotopic (exact) mass is 238 g/mol. The van der Waals surface area contributed by atoms with Gasteiger partial charge in [0.2, 0.25) is 5.76 Å². The summed E-state index contributed by atoms with van der Waals surface area (Å²) in [6.07, 6.45) is 2.68. The van der Waals surface area contributed by atoms with Crippen molar-refractivity contribution in [1.82, 2.24) is 0 Å². The van der Waals surface area contributed by atoms with E-state index in [-0.39, 0.29) is 11.7 Å². The first-order valence-corrected chi connectivity index (χ1v) is 5.99. The summed E-state index contributed by atoms with van der Waals surface area (Å²) in [6, 6.07) is 3.20. The van der Waals surface area contributed by atoms with Crippen molar-refractivity contribution < 1.29 is 19.1 Å². The molecule has 0 bridgehead atoms. The van der Waals surface area contributed by atoms with Crippen molar-refractivity contribution >= 4 is 5.97 Å². The quantitative estimate of drug-likeness (QED) is 0.822. The Morgan fingerprint density at radius 1 is 1.53 bits per heavy atom. The lowest BCUT2D eigenvalue weighted by molar-refractivity contribution is 0.0515. The number of ether oxygens (including phenoxy) is 1. The summed E-state index contributed by atoms with van der Waals surface area (Å²) in [7, 11) is 1.31. The molecule has 3 atom stereocenters. The van der Waals surface area contributed by atoms with Gasteiger partial charge in [-0.05, 0) is 30.4 Å². The molecule has 1 aromatic heterocycles. The van der Waals surface area contributed by atoms with Crippen LogP contribution in [0.25, 0.3) is 0 Å². The van der Waals surface area contributed by atoms with E-state index in [0.717, 1.165) is 19.3 Å². The molecule has 1 N–H and O–H groups in total. The van der Waals surface area contributed by atoms with Crippen LogP contribution in [0.1, 0.15) is 48.6 Å². The highest BCUT2D eigenvalue weighted by Crippen LogP contribution is 2.40. The molecule has 0 aromatic carbocycles. The van der Waals surface area contributed by atoms with Crippen LogP contribution in [0.4, 0.5) is 0 Å². The van der Waals surface area contributed by atoms with Gasteiger partial charge in [-0.25, -0.2) is 4.79 Å². The number of furan rings is 1. The lowest BCUT2D eigenvalue weighted by Gasteiger charge is -2.20. The number of carbonyl (C=O) groups is 1. The molecule has 0 spiro atoms. The number of hydrogen-bond donors (Lipinski definition) is 1. The molecule has 1 aromatic rings. The minimum absolute atomic E-state index is 0.146. The van der Waals surface area contributed by atoms with Crippen molar-refractivity contribution in [1.29, 1.82) is 0 Å². The van der Waals surface area contributed by atoms with Crippen LogP contribution in [0.2, 0.25) is 0 Å². The molecule has 0 radical (unpaired) electrons. The fourth-order valence-corrected chi connectivity index (χ4v) is 2.58. The summed E-state index contributed by atoms with van der Waals surface area (Å²) in [5.74, 6) is 0.822. The maximum atomic E-state index is 11.2. The van der Waals surface area contributed by atoms with E-state index in [2.05, 4.69) is 11.7 Å². The molecule has 1 fully saturated rings.